The van der Waals surface area contributed by atoms with E-state index in [1.807, 2.05) is 67.7 Å². The third kappa shape index (κ3) is 4.13. The van der Waals surface area contributed by atoms with Crippen molar-refractivity contribution < 1.29 is 4.79 Å². The number of para-hydroxylation sites is 2. The molecule has 0 radical (unpaired) electrons. The molecule has 0 aliphatic carbocycles. The molecule has 0 aliphatic rings. The molecule has 0 bridgehead atoms. The Kier molecular flexibility index (Phi) is 5.54. The predicted octanol–water partition coefficient (Wildman–Crippen LogP) is 5.85. The summed E-state index contributed by atoms with van der Waals surface area (Å²) in [5.41, 5.74) is 5.50. The number of halogens is 1. The maximum Gasteiger partial charge on any atom is 0.253 e. The van der Waals surface area contributed by atoms with Gasteiger partial charge in [0.2, 0.25) is 0 Å². The standard InChI is InChI=1S/C24H22ClN3O/c1-16-20(25)9-6-12-21(16)28-23-11-5-3-8-19(23)24(29)26-14-13-17-15-27-22-10-4-2-7-18(17)22/h2-12,15,27-28H,13-14H2,1H3,(H,26,29). The Morgan fingerprint density at radius 1 is 0.966 bits per heavy atom. The minimum atomic E-state index is -0.104. The van der Waals surface area contributed by atoms with Crippen molar-refractivity contribution in [1.29, 1.82) is 0 Å². The average Bonchev–Trinajstić information content (AvgIpc) is 3.15. The van der Waals surface area contributed by atoms with Crippen molar-refractivity contribution in [3.63, 3.8) is 0 Å². The van der Waals surface area contributed by atoms with Crippen LogP contribution in [0.15, 0.2) is 72.9 Å². The van der Waals surface area contributed by atoms with Gasteiger partial charge in [0, 0.05) is 34.4 Å². The number of aromatic amines is 1. The second-order valence-electron chi connectivity index (χ2n) is 6.95. The highest BCUT2D eigenvalue weighted by molar-refractivity contribution is 6.31. The molecule has 0 spiro atoms. The maximum absolute atomic E-state index is 12.8. The van der Waals surface area contributed by atoms with Crippen molar-refractivity contribution in [3.05, 3.63) is 94.6 Å². The highest BCUT2D eigenvalue weighted by Gasteiger charge is 2.12. The number of hydrogen-bond donors (Lipinski definition) is 3. The molecular weight excluding hydrogens is 382 g/mol. The third-order valence-electron chi connectivity index (χ3n) is 5.06. The quantitative estimate of drug-likeness (QED) is 0.378. The minimum absolute atomic E-state index is 0.104. The number of H-pyrrole nitrogens is 1. The lowest BCUT2D eigenvalue weighted by Crippen LogP contribution is -2.26. The molecule has 4 rings (SSSR count). The van der Waals surface area contributed by atoms with E-state index in [1.54, 1.807) is 0 Å². The largest absolute Gasteiger partial charge is 0.361 e. The number of hydrogen-bond acceptors (Lipinski definition) is 2. The van der Waals surface area contributed by atoms with Gasteiger partial charge in [-0.1, -0.05) is 48.0 Å². The van der Waals surface area contributed by atoms with E-state index in [2.05, 4.69) is 27.8 Å². The van der Waals surface area contributed by atoms with Crippen molar-refractivity contribution >= 4 is 39.8 Å². The Bertz CT molecular complexity index is 1170. The Morgan fingerprint density at radius 2 is 1.72 bits per heavy atom. The Balaban J connectivity index is 1.46. The van der Waals surface area contributed by atoms with Crippen LogP contribution in [-0.2, 0) is 6.42 Å². The molecule has 1 amide bonds. The van der Waals surface area contributed by atoms with E-state index in [4.69, 9.17) is 11.6 Å². The smallest absolute Gasteiger partial charge is 0.253 e. The summed E-state index contributed by atoms with van der Waals surface area (Å²) in [5.74, 6) is -0.104. The molecular formula is C24H22ClN3O. The van der Waals surface area contributed by atoms with Gasteiger partial charge in [-0.15, -0.1) is 0 Å². The van der Waals surface area contributed by atoms with Crippen LogP contribution in [0.4, 0.5) is 11.4 Å². The summed E-state index contributed by atoms with van der Waals surface area (Å²) in [6.07, 6.45) is 2.77. The van der Waals surface area contributed by atoms with Gasteiger partial charge in [0.15, 0.2) is 0 Å². The number of rotatable bonds is 6. The molecule has 1 heterocycles. The van der Waals surface area contributed by atoms with Crippen LogP contribution in [0.2, 0.25) is 5.02 Å². The van der Waals surface area contributed by atoms with E-state index in [0.29, 0.717) is 17.1 Å². The zero-order valence-electron chi connectivity index (χ0n) is 16.1. The first-order chi connectivity index (χ1) is 14.1. The number of amides is 1. The van der Waals surface area contributed by atoms with Gasteiger partial charge in [-0.3, -0.25) is 4.79 Å². The molecule has 3 N–H and O–H groups in total. The van der Waals surface area contributed by atoms with Crippen LogP contribution in [0.3, 0.4) is 0 Å². The van der Waals surface area contributed by atoms with Gasteiger partial charge < -0.3 is 15.6 Å². The van der Waals surface area contributed by atoms with E-state index in [0.717, 1.165) is 28.9 Å². The summed E-state index contributed by atoms with van der Waals surface area (Å²) in [4.78, 5) is 16.1. The number of benzene rings is 3. The molecule has 4 aromatic rings. The zero-order chi connectivity index (χ0) is 20.2. The number of nitrogens with one attached hydrogen (secondary N) is 3. The Hall–Kier alpha value is -3.24. The summed E-state index contributed by atoms with van der Waals surface area (Å²) in [5, 5.41) is 8.26. The van der Waals surface area contributed by atoms with Crippen molar-refractivity contribution in [2.75, 3.05) is 11.9 Å². The average molecular weight is 404 g/mol. The van der Waals surface area contributed by atoms with E-state index in [9.17, 15) is 4.79 Å². The lowest BCUT2D eigenvalue weighted by atomic mass is 10.1. The van der Waals surface area contributed by atoms with Gasteiger partial charge >= 0.3 is 0 Å². The summed E-state index contributed by atoms with van der Waals surface area (Å²) in [7, 11) is 0. The van der Waals surface area contributed by atoms with Crippen molar-refractivity contribution in [2.45, 2.75) is 13.3 Å². The molecule has 29 heavy (non-hydrogen) atoms. The minimum Gasteiger partial charge on any atom is -0.361 e. The van der Waals surface area contributed by atoms with Crippen LogP contribution in [0, 0.1) is 6.92 Å². The number of carbonyl (C=O) groups excluding carboxylic acids is 1. The number of anilines is 2. The lowest BCUT2D eigenvalue weighted by Gasteiger charge is -2.14. The first kappa shape index (κ1) is 19.1. The highest BCUT2D eigenvalue weighted by Crippen LogP contribution is 2.27. The molecule has 146 valence electrons. The van der Waals surface area contributed by atoms with Crippen LogP contribution in [-0.4, -0.2) is 17.4 Å². The molecule has 0 atom stereocenters. The number of carbonyl (C=O) groups is 1. The SMILES string of the molecule is Cc1c(Cl)cccc1Nc1ccccc1C(=O)NCCc1c[nH]c2ccccc12. The van der Waals surface area contributed by atoms with Gasteiger partial charge in [-0.25, -0.2) is 0 Å². The molecule has 0 saturated carbocycles. The van der Waals surface area contributed by atoms with Crippen molar-refractivity contribution in [2.24, 2.45) is 0 Å². The lowest BCUT2D eigenvalue weighted by molar-refractivity contribution is 0.0955. The fourth-order valence-electron chi connectivity index (χ4n) is 3.42. The molecule has 0 saturated heterocycles. The molecule has 0 unspecified atom stereocenters. The van der Waals surface area contributed by atoms with E-state index >= 15 is 0 Å². The summed E-state index contributed by atoms with van der Waals surface area (Å²) >= 11 is 6.22. The molecule has 1 aromatic heterocycles. The second kappa shape index (κ2) is 8.41. The summed E-state index contributed by atoms with van der Waals surface area (Å²) < 4.78 is 0. The van der Waals surface area contributed by atoms with E-state index in [-0.39, 0.29) is 5.91 Å². The summed E-state index contributed by atoms with van der Waals surface area (Å²) in [6.45, 7) is 2.51. The Morgan fingerprint density at radius 3 is 2.62 bits per heavy atom. The van der Waals surface area contributed by atoms with Gasteiger partial charge in [-0.05, 0) is 54.8 Å². The van der Waals surface area contributed by atoms with E-state index in [1.165, 1.54) is 10.9 Å². The zero-order valence-corrected chi connectivity index (χ0v) is 16.9. The van der Waals surface area contributed by atoms with Crippen LogP contribution in [0.25, 0.3) is 10.9 Å². The van der Waals surface area contributed by atoms with Gasteiger partial charge in [0.05, 0.1) is 11.3 Å². The summed E-state index contributed by atoms with van der Waals surface area (Å²) in [6, 6.07) is 21.4. The second-order valence-corrected chi connectivity index (χ2v) is 7.36. The van der Waals surface area contributed by atoms with E-state index < -0.39 is 0 Å². The first-order valence-corrected chi connectivity index (χ1v) is 9.95. The van der Waals surface area contributed by atoms with Crippen molar-refractivity contribution in [3.8, 4) is 0 Å². The van der Waals surface area contributed by atoms with Gasteiger partial charge in [0.1, 0.15) is 0 Å². The fraction of sp³-hybridized carbons (Fsp3) is 0.125. The number of aromatic nitrogens is 1. The number of fused-ring (bicyclic) bond motifs is 1. The van der Waals surface area contributed by atoms with Gasteiger partial charge in [-0.2, -0.15) is 0 Å². The third-order valence-corrected chi connectivity index (χ3v) is 5.47. The van der Waals surface area contributed by atoms with Crippen LogP contribution in [0.1, 0.15) is 21.5 Å². The first-order valence-electron chi connectivity index (χ1n) is 9.58. The molecule has 0 aliphatic heterocycles. The normalized spacial score (nSPS) is 10.8. The molecule has 5 heteroatoms. The Labute approximate surface area is 174 Å². The molecule has 4 nitrogen and oxygen atoms in total. The van der Waals surface area contributed by atoms with Crippen LogP contribution in [0.5, 0.6) is 0 Å². The van der Waals surface area contributed by atoms with Crippen LogP contribution >= 0.6 is 11.6 Å². The molecule has 0 fully saturated rings. The van der Waals surface area contributed by atoms with Gasteiger partial charge in [0.25, 0.3) is 5.91 Å². The van der Waals surface area contributed by atoms with Crippen LogP contribution < -0.4 is 10.6 Å². The maximum atomic E-state index is 12.8. The highest BCUT2D eigenvalue weighted by atomic mass is 35.5. The fourth-order valence-corrected chi connectivity index (χ4v) is 3.60. The predicted molar refractivity (Wildman–Crippen MR) is 120 cm³/mol. The van der Waals surface area contributed by atoms with Crippen molar-refractivity contribution in [1.82, 2.24) is 10.3 Å². The molecule has 3 aromatic carbocycles. The topological polar surface area (TPSA) is 56.9 Å². The monoisotopic (exact) mass is 403 g/mol.